The number of hydrogen-bond donors (Lipinski definition) is 0. The quantitative estimate of drug-likeness (QED) is 0.454. The van der Waals surface area contributed by atoms with Crippen LogP contribution in [0.15, 0.2) is 5.16 Å². The summed E-state index contributed by atoms with van der Waals surface area (Å²) in [6.07, 6.45) is 2.70. The molecule has 0 aromatic heterocycles. The Balaban J connectivity index is 3.79. The van der Waals surface area contributed by atoms with Gasteiger partial charge in [0.1, 0.15) is 5.60 Å². The highest BCUT2D eigenvalue weighted by Crippen LogP contribution is 2.19. The minimum atomic E-state index is -0.124. The Morgan fingerprint density at radius 1 is 1.45 bits per heavy atom. The van der Waals surface area contributed by atoms with E-state index in [9.17, 15) is 0 Å². The van der Waals surface area contributed by atoms with E-state index >= 15 is 0 Å². The lowest BCUT2D eigenvalue weighted by Gasteiger charge is -2.23. The first-order valence-corrected chi connectivity index (χ1v) is 4.14. The van der Waals surface area contributed by atoms with Gasteiger partial charge in [0, 0.05) is 6.21 Å². The molecule has 0 aromatic rings. The van der Waals surface area contributed by atoms with Gasteiger partial charge in [-0.1, -0.05) is 19.0 Å². The van der Waals surface area contributed by atoms with Crippen LogP contribution in [0.3, 0.4) is 0 Å². The number of rotatable bonds is 4. The summed E-state index contributed by atoms with van der Waals surface area (Å²) >= 11 is 0. The first-order valence-electron chi connectivity index (χ1n) is 4.14. The predicted octanol–water partition coefficient (Wildman–Crippen LogP) is 2.83. The smallest absolute Gasteiger partial charge is 0.132 e. The molecule has 0 unspecified atom stereocenters. The molecule has 0 radical (unpaired) electrons. The van der Waals surface area contributed by atoms with Crippen LogP contribution in [0.5, 0.6) is 0 Å². The fourth-order valence-corrected chi connectivity index (χ4v) is 1.22. The van der Waals surface area contributed by atoms with Gasteiger partial charge in [0.05, 0.1) is 0 Å². The van der Waals surface area contributed by atoms with Crippen molar-refractivity contribution in [2.24, 2.45) is 11.1 Å². The third kappa shape index (κ3) is 5.89. The van der Waals surface area contributed by atoms with Crippen LogP contribution in [0.2, 0.25) is 0 Å². The second-order valence-electron chi connectivity index (χ2n) is 3.81. The van der Waals surface area contributed by atoms with E-state index in [0.717, 1.165) is 6.42 Å². The van der Waals surface area contributed by atoms with E-state index in [0.29, 0.717) is 5.92 Å². The lowest BCUT2D eigenvalue weighted by molar-refractivity contribution is -0.0278. The Labute approximate surface area is 69.6 Å². The molecule has 11 heavy (non-hydrogen) atoms. The Kier molecular flexibility index (Phi) is 4.16. The molecule has 0 heterocycles. The molecule has 0 rings (SSSR count). The SMILES string of the molecule is C/C=N/OC(C)(C)CC(C)C. The van der Waals surface area contributed by atoms with Crippen molar-refractivity contribution in [1.29, 1.82) is 0 Å². The Bertz CT molecular complexity index is 128. The van der Waals surface area contributed by atoms with Crippen LogP contribution in [0.1, 0.15) is 41.0 Å². The maximum Gasteiger partial charge on any atom is 0.132 e. The van der Waals surface area contributed by atoms with Gasteiger partial charge in [0.25, 0.3) is 0 Å². The van der Waals surface area contributed by atoms with Gasteiger partial charge < -0.3 is 4.84 Å². The maximum atomic E-state index is 5.26. The zero-order chi connectivity index (χ0) is 8.91. The Morgan fingerprint density at radius 2 is 2.00 bits per heavy atom. The lowest BCUT2D eigenvalue weighted by Crippen LogP contribution is -2.24. The molecule has 0 aliphatic rings. The van der Waals surface area contributed by atoms with Gasteiger partial charge in [0.2, 0.25) is 0 Å². The molecule has 66 valence electrons. The molecule has 0 amide bonds. The zero-order valence-electron chi connectivity index (χ0n) is 8.22. The normalized spacial score (nSPS) is 12.9. The zero-order valence-corrected chi connectivity index (χ0v) is 8.22. The minimum absolute atomic E-state index is 0.124. The van der Waals surface area contributed by atoms with Gasteiger partial charge in [0.15, 0.2) is 0 Å². The highest BCUT2D eigenvalue weighted by atomic mass is 16.6. The largest absolute Gasteiger partial charge is 0.390 e. The van der Waals surface area contributed by atoms with Gasteiger partial charge in [-0.15, -0.1) is 0 Å². The summed E-state index contributed by atoms with van der Waals surface area (Å²) in [7, 11) is 0. The molecule has 0 aliphatic carbocycles. The molecule has 2 heteroatoms. The summed E-state index contributed by atoms with van der Waals surface area (Å²) in [6, 6.07) is 0. The molecule has 0 saturated carbocycles. The van der Waals surface area contributed by atoms with Crippen LogP contribution in [-0.4, -0.2) is 11.8 Å². The molecule has 2 nitrogen and oxygen atoms in total. The number of oxime groups is 1. The van der Waals surface area contributed by atoms with Crippen LogP contribution < -0.4 is 0 Å². The first-order chi connectivity index (χ1) is 4.98. The Hall–Kier alpha value is -0.530. The van der Waals surface area contributed by atoms with Gasteiger partial charge in [-0.3, -0.25) is 0 Å². The second kappa shape index (κ2) is 4.37. The third-order valence-electron chi connectivity index (χ3n) is 1.31. The molecule has 0 saturated heterocycles. The summed E-state index contributed by atoms with van der Waals surface area (Å²) in [5.74, 6) is 0.650. The van der Waals surface area contributed by atoms with Crippen molar-refractivity contribution in [2.75, 3.05) is 0 Å². The van der Waals surface area contributed by atoms with Gasteiger partial charge in [-0.25, -0.2) is 0 Å². The topological polar surface area (TPSA) is 21.6 Å². The third-order valence-corrected chi connectivity index (χ3v) is 1.31. The van der Waals surface area contributed by atoms with Gasteiger partial charge in [-0.05, 0) is 33.1 Å². The van der Waals surface area contributed by atoms with Crippen molar-refractivity contribution < 1.29 is 4.84 Å². The van der Waals surface area contributed by atoms with Crippen molar-refractivity contribution in [2.45, 2.75) is 46.6 Å². The molecule has 0 aliphatic heterocycles. The fourth-order valence-electron chi connectivity index (χ4n) is 1.22. The van der Waals surface area contributed by atoms with Crippen molar-refractivity contribution >= 4 is 6.21 Å². The average Bonchev–Trinajstić information content (AvgIpc) is 1.81. The molecule has 0 spiro atoms. The van der Waals surface area contributed by atoms with E-state index in [-0.39, 0.29) is 5.60 Å². The van der Waals surface area contributed by atoms with Gasteiger partial charge in [-0.2, -0.15) is 0 Å². The monoisotopic (exact) mass is 157 g/mol. The highest BCUT2D eigenvalue weighted by Gasteiger charge is 2.20. The van der Waals surface area contributed by atoms with E-state index < -0.39 is 0 Å². The second-order valence-corrected chi connectivity index (χ2v) is 3.81. The average molecular weight is 157 g/mol. The molecular formula is C9H19NO. The summed E-state index contributed by atoms with van der Waals surface area (Å²) < 4.78 is 0. The molecule has 0 N–H and O–H groups in total. The van der Waals surface area contributed by atoms with Crippen LogP contribution in [0.25, 0.3) is 0 Å². The number of nitrogens with zero attached hydrogens (tertiary/aromatic N) is 1. The van der Waals surface area contributed by atoms with Crippen LogP contribution in [-0.2, 0) is 4.84 Å². The van der Waals surface area contributed by atoms with E-state index in [1.807, 2.05) is 6.92 Å². The van der Waals surface area contributed by atoms with E-state index in [1.165, 1.54) is 0 Å². The van der Waals surface area contributed by atoms with Crippen molar-refractivity contribution in [3.63, 3.8) is 0 Å². The minimum Gasteiger partial charge on any atom is -0.390 e. The maximum absolute atomic E-state index is 5.26. The molecular weight excluding hydrogens is 138 g/mol. The first kappa shape index (κ1) is 10.5. The summed E-state index contributed by atoms with van der Waals surface area (Å²) in [6.45, 7) is 10.3. The van der Waals surface area contributed by atoms with Crippen LogP contribution in [0, 0.1) is 5.92 Å². The van der Waals surface area contributed by atoms with E-state index in [1.54, 1.807) is 6.21 Å². The fraction of sp³-hybridized carbons (Fsp3) is 0.889. The van der Waals surface area contributed by atoms with Crippen molar-refractivity contribution in [3.8, 4) is 0 Å². The molecule has 0 fully saturated rings. The lowest BCUT2D eigenvalue weighted by atomic mass is 9.96. The van der Waals surface area contributed by atoms with Gasteiger partial charge >= 0.3 is 0 Å². The molecule has 0 aromatic carbocycles. The molecule has 0 atom stereocenters. The van der Waals surface area contributed by atoms with Crippen LogP contribution in [0.4, 0.5) is 0 Å². The molecule has 0 bridgehead atoms. The van der Waals surface area contributed by atoms with E-state index in [4.69, 9.17) is 4.84 Å². The number of hydrogen-bond acceptors (Lipinski definition) is 2. The van der Waals surface area contributed by atoms with E-state index in [2.05, 4.69) is 32.9 Å². The van der Waals surface area contributed by atoms with Crippen molar-refractivity contribution in [1.82, 2.24) is 0 Å². The Morgan fingerprint density at radius 3 is 2.36 bits per heavy atom. The predicted molar refractivity (Wildman–Crippen MR) is 48.8 cm³/mol. The highest BCUT2D eigenvalue weighted by molar-refractivity contribution is 5.52. The van der Waals surface area contributed by atoms with Crippen LogP contribution >= 0.6 is 0 Å². The van der Waals surface area contributed by atoms with Crippen molar-refractivity contribution in [3.05, 3.63) is 0 Å². The summed E-state index contributed by atoms with van der Waals surface area (Å²) in [4.78, 5) is 5.26. The standard InChI is InChI=1S/C9H19NO/c1-6-10-11-9(4,5)7-8(2)3/h6,8H,7H2,1-5H3/b10-6+. The summed E-state index contributed by atoms with van der Waals surface area (Å²) in [5.41, 5.74) is -0.124. The summed E-state index contributed by atoms with van der Waals surface area (Å²) in [5, 5.41) is 3.77.